The minimum absolute atomic E-state index is 0.191. The van der Waals surface area contributed by atoms with E-state index in [-0.39, 0.29) is 11.5 Å². The van der Waals surface area contributed by atoms with E-state index < -0.39 is 22.2 Å². The van der Waals surface area contributed by atoms with E-state index >= 15 is 0 Å². The van der Waals surface area contributed by atoms with Crippen molar-refractivity contribution in [1.29, 1.82) is 0 Å². The Morgan fingerprint density at radius 1 is 1.43 bits per heavy atom. The molecule has 8 heteroatoms. The van der Waals surface area contributed by atoms with Crippen molar-refractivity contribution in [3.63, 3.8) is 0 Å². The number of aromatic nitrogens is 1. The topological polar surface area (TPSA) is 81.2 Å². The maximum absolute atomic E-state index is 14.0. The molecule has 2 rings (SSSR count). The second kappa shape index (κ2) is 6.40. The second-order valence-electron chi connectivity index (χ2n) is 4.36. The van der Waals surface area contributed by atoms with Crippen LogP contribution in [-0.4, -0.2) is 16.5 Å². The highest BCUT2D eigenvalue weighted by molar-refractivity contribution is 5.59. The Labute approximate surface area is 118 Å². The third-order valence-electron chi connectivity index (χ3n) is 2.73. The van der Waals surface area contributed by atoms with Crippen LogP contribution < -0.4 is 5.32 Å². The lowest BCUT2D eigenvalue weighted by molar-refractivity contribution is -0.387. The van der Waals surface area contributed by atoms with E-state index in [0.29, 0.717) is 18.3 Å². The molecule has 1 aromatic heterocycles. The highest BCUT2D eigenvalue weighted by Crippen LogP contribution is 2.29. The van der Waals surface area contributed by atoms with Crippen molar-refractivity contribution in [1.82, 2.24) is 10.3 Å². The van der Waals surface area contributed by atoms with Crippen LogP contribution >= 0.6 is 0 Å². The first kappa shape index (κ1) is 15.0. The summed E-state index contributed by atoms with van der Waals surface area (Å²) >= 11 is 0. The van der Waals surface area contributed by atoms with Gasteiger partial charge in [-0.3, -0.25) is 10.1 Å². The Morgan fingerprint density at radius 2 is 2.19 bits per heavy atom. The summed E-state index contributed by atoms with van der Waals surface area (Å²) in [6.45, 7) is 3.20. The summed E-state index contributed by atoms with van der Waals surface area (Å²) in [4.78, 5) is 13.7. The lowest BCUT2D eigenvalue weighted by atomic mass is 10.1. The minimum Gasteiger partial charge on any atom is -0.444 e. The van der Waals surface area contributed by atoms with Gasteiger partial charge in [0.2, 0.25) is 11.7 Å². The molecule has 0 aliphatic rings. The highest BCUT2D eigenvalue weighted by Gasteiger charge is 2.23. The molecule has 0 unspecified atom stereocenters. The van der Waals surface area contributed by atoms with Gasteiger partial charge in [-0.15, -0.1) is 0 Å². The molecule has 6 nitrogen and oxygen atoms in total. The summed E-state index contributed by atoms with van der Waals surface area (Å²) in [6, 6.07) is 1.34. The lowest BCUT2D eigenvalue weighted by Gasteiger charge is -2.00. The predicted octanol–water partition coefficient (Wildman–Crippen LogP) is 3.03. The fourth-order valence-electron chi connectivity index (χ4n) is 1.77. The minimum atomic E-state index is -1.17. The van der Waals surface area contributed by atoms with Crippen molar-refractivity contribution in [2.45, 2.75) is 19.9 Å². The van der Waals surface area contributed by atoms with Gasteiger partial charge in [0.15, 0.2) is 0 Å². The number of oxazole rings is 1. The smallest absolute Gasteiger partial charge is 0.308 e. The SMILES string of the molecule is CCCNCc1coc(-c2cc(F)cc([N+](=O)[O-])c2F)n1. The molecule has 0 aliphatic carbocycles. The first-order chi connectivity index (χ1) is 10.0. The average molecular weight is 297 g/mol. The standard InChI is InChI=1S/C13H13F2N3O3/c1-2-3-16-6-9-7-21-13(17-9)10-4-8(14)5-11(12(10)15)18(19)20/h4-5,7,16H,2-3,6H2,1H3. The summed E-state index contributed by atoms with van der Waals surface area (Å²) in [5, 5.41) is 13.7. The number of nitro groups is 1. The van der Waals surface area contributed by atoms with Crippen LogP contribution in [0.25, 0.3) is 11.5 Å². The fourth-order valence-corrected chi connectivity index (χ4v) is 1.77. The van der Waals surface area contributed by atoms with Gasteiger partial charge in [-0.25, -0.2) is 9.37 Å². The van der Waals surface area contributed by atoms with Gasteiger partial charge in [-0.05, 0) is 19.0 Å². The van der Waals surface area contributed by atoms with E-state index in [4.69, 9.17) is 4.42 Å². The normalized spacial score (nSPS) is 10.8. The van der Waals surface area contributed by atoms with Gasteiger partial charge < -0.3 is 9.73 Å². The third kappa shape index (κ3) is 3.40. The van der Waals surface area contributed by atoms with Crippen LogP contribution in [0.2, 0.25) is 0 Å². The first-order valence-corrected chi connectivity index (χ1v) is 6.31. The van der Waals surface area contributed by atoms with Crippen LogP contribution in [0.3, 0.4) is 0 Å². The van der Waals surface area contributed by atoms with Gasteiger partial charge in [0.25, 0.3) is 0 Å². The zero-order chi connectivity index (χ0) is 15.4. The Hall–Kier alpha value is -2.35. The zero-order valence-electron chi connectivity index (χ0n) is 11.2. The molecule has 1 aromatic carbocycles. The van der Waals surface area contributed by atoms with Gasteiger partial charge in [-0.1, -0.05) is 6.92 Å². The van der Waals surface area contributed by atoms with E-state index in [0.717, 1.165) is 19.0 Å². The van der Waals surface area contributed by atoms with Crippen molar-refractivity contribution in [3.8, 4) is 11.5 Å². The highest BCUT2D eigenvalue weighted by atomic mass is 19.1. The number of benzene rings is 1. The molecule has 0 atom stereocenters. The number of hydrogen-bond donors (Lipinski definition) is 1. The number of nitrogens with zero attached hydrogens (tertiary/aromatic N) is 2. The number of nitro benzene ring substituents is 1. The van der Waals surface area contributed by atoms with Gasteiger partial charge in [0.1, 0.15) is 12.1 Å². The van der Waals surface area contributed by atoms with Crippen LogP contribution in [-0.2, 0) is 6.54 Å². The molecule has 21 heavy (non-hydrogen) atoms. The zero-order valence-corrected chi connectivity index (χ0v) is 11.2. The van der Waals surface area contributed by atoms with E-state index in [1.807, 2.05) is 6.92 Å². The molecule has 0 radical (unpaired) electrons. The molecule has 2 aromatic rings. The fraction of sp³-hybridized carbons (Fsp3) is 0.308. The van der Waals surface area contributed by atoms with Crippen molar-refractivity contribution >= 4 is 5.69 Å². The number of nitrogens with one attached hydrogen (secondary N) is 1. The van der Waals surface area contributed by atoms with E-state index in [1.165, 1.54) is 6.26 Å². The lowest BCUT2D eigenvalue weighted by Crippen LogP contribution is -2.13. The summed E-state index contributed by atoms with van der Waals surface area (Å²) in [5.74, 6) is -2.29. The summed E-state index contributed by atoms with van der Waals surface area (Å²) in [5.41, 5.74) is -0.818. The largest absolute Gasteiger partial charge is 0.444 e. The summed E-state index contributed by atoms with van der Waals surface area (Å²) in [7, 11) is 0. The Morgan fingerprint density at radius 3 is 2.86 bits per heavy atom. The summed E-state index contributed by atoms with van der Waals surface area (Å²) < 4.78 is 32.4. The molecule has 0 aliphatic heterocycles. The Balaban J connectivity index is 2.32. The molecular formula is C13H13F2N3O3. The van der Waals surface area contributed by atoms with Gasteiger partial charge in [0.05, 0.1) is 22.2 Å². The van der Waals surface area contributed by atoms with Crippen molar-refractivity contribution in [2.24, 2.45) is 0 Å². The average Bonchev–Trinajstić information content (AvgIpc) is 2.89. The summed E-state index contributed by atoms with van der Waals surface area (Å²) in [6.07, 6.45) is 2.24. The van der Waals surface area contributed by atoms with E-state index in [1.54, 1.807) is 0 Å². The maximum atomic E-state index is 14.0. The molecule has 112 valence electrons. The number of rotatable bonds is 6. The number of halogens is 2. The van der Waals surface area contributed by atoms with Crippen LogP contribution in [0.4, 0.5) is 14.5 Å². The molecular weight excluding hydrogens is 284 g/mol. The molecule has 0 spiro atoms. The van der Waals surface area contributed by atoms with E-state index in [2.05, 4.69) is 10.3 Å². The quantitative estimate of drug-likeness (QED) is 0.503. The molecule has 0 saturated heterocycles. The molecule has 0 amide bonds. The van der Waals surface area contributed by atoms with E-state index in [9.17, 15) is 18.9 Å². The van der Waals surface area contributed by atoms with Crippen molar-refractivity contribution < 1.29 is 18.1 Å². The van der Waals surface area contributed by atoms with Crippen molar-refractivity contribution in [3.05, 3.63) is 45.8 Å². The van der Waals surface area contributed by atoms with Gasteiger partial charge in [0, 0.05) is 6.54 Å². The van der Waals surface area contributed by atoms with Crippen LogP contribution in [0.1, 0.15) is 19.0 Å². The van der Waals surface area contributed by atoms with Crippen molar-refractivity contribution in [2.75, 3.05) is 6.54 Å². The first-order valence-electron chi connectivity index (χ1n) is 6.31. The van der Waals surface area contributed by atoms with Crippen LogP contribution in [0, 0.1) is 21.7 Å². The second-order valence-corrected chi connectivity index (χ2v) is 4.36. The molecule has 1 N–H and O–H groups in total. The molecule has 0 fully saturated rings. The van der Waals surface area contributed by atoms with Gasteiger partial charge >= 0.3 is 5.69 Å². The molecule has 0 saturated carbocycles. The van der Waals surface area contributed by atoms with Gasteiger partial charge in [-0.2, -0.15) is 4.39 Å². The van der Waals surface area contributed by atoms with Crippen LogP contribution in [0.15, 0.2) is 22.8 Å². The third-order valence-corrected chi connectivity index (χ3v) is 2.73. The predicted molar refractivity (Wildman–Crippen MR) is 70.5 cm³/mol. The molecule has 1 heterocycles. The Bertz CT molecular complexity index is 658. The number of hydrogen-bond acceptors (Lipinski definition) is 5. The Kier molecular flexibility index (Phi) is 4.59. The molecule has 0 bridgehead atoms. The maximum Gasteiger partial charge on any atom is 0.308 e. The monoisotopic (exact) mass is 297 g/mol. The van der Waals surface area contributed by atoms with Crippen LogP contribution in [0.5, 0.6) is 0 Å².